The number of rotatable bonds is 8. The van der Waals surface area contributed by atoms with Gasteiger partial charge in [0, 0.05) is 0 Å². The first-order valence-corrected chi connectivity index (χ1v) is 7.58. The fourth-order valence-electron chi connectivity index (χ4n) is 2.48. The summed E-state index contributed by atoms with van der Waals surface area (Å²) in [6.07, 6.45) is 8.18. The molecule has 0 spiro atoms. The summed E-state index contributed by atoms with van der Waals surface area (Å²) in [6.45, 7) is 4.17. The highest BCUT2D eigenvalue weighted by atomic mass is 16.5. The molecule has 0 aromatic carbocycles. The molecule has 0 amide bonds. The van der Waals surface area contributed by atoms with Gasteiger partial charge in [-0.2, -0.15) is 4.98 Å². The van der Waals surface area contributed by atoms with Crippen LogP contribution in [0.15, 0.2) is 12.7 Å². The van der Waals surface area contributed by atoms with E-state index in [4.69, 9.17) is 4.74 Å². The van der Waals surface area contributed by atoms with Crippen molar-refractivity contribution >= 4 is 11.2 Å². The summed E-state index contributed by atoms with van der Waals surface area (Å²) in [7, 11) is 1.56. The van der Waals surface area contributed by atoms with Crippen LogP contribution >= 0.6 is 0 Å². The minimum absolute atomic E-state index is 0.0729. The molecule has 0 fully saturated rings. The molecule has 1 N–H and O–H groups in total. The Morgan fingerprint density at radius 2 is 2.05 bits per heavy atom. The first kappa shape index (κ1) is 15.7. The van der Waals surface area contributed by atoms with E-state index < -0.39 is 6.10 Å². The van der Waals surface area contributed by atoms with Crippen molar-refractivity contribution in [3.8, 4) is 5.88 Å². The third-order valence-corrected chi connectivity index (χ3v) is 3.87. The van der Waals surface area contributed by atoms with Crippen LogP contribution in [0.4, 0.5) is 0 Å². The van der Waals surface area contributed by atoms with E-state index in [1.54, 1.807) is 13.4 Å². The molecule has 2 rings (SSSR count). The number of unbranched alkanes of at least 4 members (excludes halogenated alkanes) is 3. The molecule has 0 saturated heterocycles. The van der Waals surface area contributed by atoms with Gasteiger partial charge in [-0.3, -0.25) is 0 Å². The highest BCUT2D eigenvalue weighted by molar-refractivity contribution is 5.76. The summed E-state index contributed by atoms with van der Waals surface area (Å²) in [6, 6.07) is -0.0729. The van der Waals surface area contributed by atoms with Crippen molar-refractivity contribution in [3.05, 3.63) is 12.7 Å². The summed E-state index contributed by atoms with van der Waals surface area (Å²) in [5.74, 6) is 0.461. The number of aliphatic hydroxyl groups excluding tert-OH is 1. The predicted octanol–water partition coefficient (Wildman–Crippen LogP) is 2.73. The summed E-state index contributed by atoms with van der Waals surface area (Å²) in [5.41, 5.74) is 1.33. The number of nitrogens with zero attached hydrogens (tertiary/aromatic N) is 4. The van der Waals surface area contributed by atoms with Crippen molar-refractivity contribution in [2.24, 2.45) is 0 Å². The monoisotopic (exact) mass is 292 g/mol. The zero-order valence-corrected chi connectivity index (χ0v) is 13.0. The van der Waals surface area contributed by atoms with Gasteiger partial charge in [-0.1, -0.05) is 32.6 Å². The lowest BCUT2D eigenvalue weighted by Crippen LogP contribution is -2.21. The molecule has 0 aliphatic heterocycles. The van der Waals surface area contributed by atoms with E-state index in [0.29, 0.717) is 17.0 Å². The van der Waals surface area contributed by atoms with Crippen LogP contribution in [0.3, 0.4) is 0 Å². The number of imidazole rings is 1. The van der Waals surface area contributed by atoms with Crippen LogP contribution in [0, 0.1) is 0 Å². The fourth-order valence-corrected chi connectivity index (χ4v) is 2.48. The molecular formula is C15H24N4O2. The molecule has 6 heteroatoms. The molecule has 2 aromatic heterocycles. The largest absolute Gasteiger partial charge is 0.479 e. The van der Waals surface area contributed by atoms with Crippen LogP contribution < -0.4 is 4.74 Å². The Bertz CT molecular complexity index is 570. The molecule has 0 aliphatic carbocycles. The average molecular weight is 292 g/mol. The van der Waals surface area contributed by atoms with E-state index in [1.807, 2.05) is 11.5 Å². The van der Waals surface area contributed by atoms with Gasteiger partial charge in [-0.05, 0) is 13.3 Å². The van der Waals surface area contributed by atoms with Gasteiger partial charge >= 0.3 is 0 Å². The smallest absolute Gasteiger partial charge is 0.245 e. The number of ether oxygens (including phenoxy) is 1. The van der Waals surface area contributed by atoms with E-state index in [2.05, 4.69) is 21.9 Å². The second kappa shape index (κ2) is 7.36. The van der Waals surface area contributed by atoms with Crippen molar-refractivity contribution in [3.63, 3.8) is 0 Å². The zero-order valence-electron chi connectivity index (χ0n) is 13.0. The average Bonchev–Trinajstić information content (AvgIpc) is 2.94. The molecule has 2 heterocycles. The summed E-state index contributed by atoms with van der Waals surface area (Å²) < 4.78 is 7.08. The molecular weight excluding hydrogens is 268 g/mol. The number of hydrogen-bond acceptors (Lipinski definition) is 5. The van der Waals surface area contributed by atoms with Gasteiger partial charge in [0.1, 0.15) is 6.33 Å². The van der Waals surface area contributed by atoms with Gasteiger partial charge in [-0.25, -0.2) is 9.97 Å². The maximum atomic E-state index is 10.4. The lowest BCUT2D eigenvalue weighted by molar-refractivity contribution is 0.110. The maximum absolute atomic E-state index is 10.4. The Labute approximate surface area is 125 Å². The van der Waals surface area contributed by atoms with Crippen LogP contribution in [0.1, 0.15) is 52.0 Å². The molecule has 2 aromatic rings. The van der Waals surface area contributed by atoms with Gasteiger partial charge in [0.05, 0.1) is 25.6 Å². The molecule has 21 heavy (non-hydrogen) atoms. The molecule has 0 aliphatic rings. The SMILES string of the molecule is CCCCCCC(O)C(C)n1cnc2c(OC)ncnc21. The fraction of sp³-hybridized carbons (Fsp3) is 0.667. The molecule has 0 bridgehead atoms. The van der Waals surface area contributed by atoms with Crippen LogP contribution in [-0.4, -0.2) is 37.8 Å². The van der Waals surface area contributed by atoms with Crippen LogP contribution in [0.5, 0.6) is 5.88 Å². The minimum atomic E-state index is -0.403. The third kappa shape index (κ3) is 3.50. The summed E-state index contributed by atoms with van der Waals surface area (Å²) in [5, 5.41) is 10.4. The second-order valence-electron chi connectivity index (χ2n) is 5.36. The minimum Gasteiger partial charge on any atom is -0.479 e. The molecule has 0 saturated carbocycles. The van der Waals surface area contributed by atoms with Gasteiger partial charge in [0.15, 0.2) is 11.2 Å². The Morgan fingerprint density at radius 3 is 2.76 bits per heavy atom. The molecule has 0 radical (unpaired) electrons. The van der Waals surface area contributed by atoms with Crippen molar-refractivity contribution in [1.82, 2.24) is 19.5 Å². The van der Waals surface area contributed by atoms with E-state index in [1.165, 1.54) is 25.6 Å². The van der Waals surface area contributed by atoms with Crippen molar-refractivity contribution in [2.45, 2.75) is 58.1 Å². The highest BCUT2D eigenvalue weighted by Gasteiger charge is 2.20. The van der Waals surface area contributed by atoms with E-state index in [0.717, 1.165) is 12.8 Å². The number of methoxy groups -OCH3 is 1. The van der Waals surface area contributed by atoms with E-state index in [-0.39, 0.29) is 6.04 Å². The van der Waals surface area contributed by atoms with Gasteiger partial charge in [0.2, 0.25) is 5.88 Å². The Morgan fingerprint density at radius 1 is 1.24 bits per heavy atom. The van der Waals surface area contributed by atoms with Crippen molar-refractivity contribution in [2.75, 3.05) is 7.11 Å². The molecule has 6 nitrogen and oxygen atoms in total. The zero-order chi connectivity index (χ0) is 15.2. The van der Waals surface area contributed by atoms with Gasteiger partial charge in [0.25, 0.3) is 0 Å². The first-order chi connectivity index (χ1) is 10.2. The summed E-state index contributed by atoms with van der Waals surface area (Å²) >= 11 is 0. The normalized spacial score (nSPS) is 14.3. The van der Waals surface area contributed by atoms with Crippen LogP contribution in [0.25, 0.3) is 11.2 Å². The molecule has 116 valence electrons. The predicted molar refractivity (Wildman–Crippen MR) is 81.4 cm³/mol. The topological polar surface area (TPSA) is 73.1 Å². The number of fused-ring (bicyclic) bond motifs is 1. The Balaban J connectivity index is 2.10. The standard InChI is InChI=1S/C15H24N4O2/c1-4-5-6-7-8-12(20)11(2)19-10-18-13-14(19)16-9-17-15(13)21-3/h9-12,20H,4-8H2,1-3H3. The lowest BCUT2D eigenvalue weighted by Gasteiger charge is -2.20. The summed E-state index contributed by atoms with van der Waals surface area (Å²) in [4.78, 5) is 12.6. The highest BCUT2D eigenvalue weighted by Crippen LogP contribution is 2.24. The maximum Gasteiger partial charge on any atom is 0.245 e. The Hall–Kier alpha value is -1.69. The second-order valence-corrected chi connectivity index (χ2v) is 5.36. The Kier molecular flexibility index (Phi) is 5.50. The van der Waals surface area contributed by atoms with E-state index in [9.17, 15) is 5.11 Å². The van der Waals surface area contributed by atoms with Crippen LogP contribution in [-0.2, 0) is 0 Å². The number of aliphatic hydroxyl groups is 1. The molecule has 2 atom stereocenters. The van der Waals surface area contributed by atoms with Gasteiger partial charge < -0.3 is 14.4 Å². The quantitative estimate of drug-likeness (QED) is 0.757. The van der Waals surface area contributed by atoms with Crippen molar-refractivity contribution < 1.29 is 9.84 Å². The number of aromatic nitrogens is 4. The first-order valence-electron chi connectivity index (χ1n) is 7.58. The van der Waals surface area contributed by atoms with Crippen molar-refractivity contribution in [1.29, 1.82) is 0 Å². The lowest BCUT2D eigenvalue weighted by atomic mass is 10.0. The van der Waals surface area contributed by atoms with E-state index >= 15 is 0 Å². The van der Waals surface area contributed by atoms with Crippen LogP contribution in [0.2, 0.25) is 0 Å². The van der Waals surface area contributed by atoms with Gasteiger partial charge in [-0.15, -0.1) is 0 Å². The number of hydrogen-bond donors (Lipinski definition) is 1. The molecule has 2 unspecified atom stereocenters. The third-order valence-electron chi connectivity index (χ3n) is 3.87.